The van der Waals surface area contributed by atoms with Crippen molar-refractivity contribution in [2.24, 2.45) is 0 Å². The molecule has 136 valence electrons. The lowest BCUT2D eigenvalue weighted by atomic mass is 10.0. The molecule has 0 aromatic heterocycles. The Bertz CT molecular complexity index is 694. The zero-order chi connectivity index (χ0) is 18.7. The van der Waals surface area contributed by atoms with Gasteiger partial charge < -0.3 is 20.1 Å². The number of alkyl halides is 3. The summed E-state index contributed by atoms with van der Waals surface area (Å²) in [5, 5.41) is 5.28. The number of carbonyl (C=O) groups is 1. The number of hydrogen-bond donors (Lipinski definition) is 2. The van der Waals surface area contributed by atoms with Gasteiger partial charge in [0, 0.05) is 12.6 Å². The van der Waals surface area contributed by atoms with Gasteiger partial charge in [0.1, 0.15) is 13.2 Å². The van der Waals surface area contributed by atoms with E-state index in [1.165, 1.54) is 12.1 Å². The van der Waals surface area contributed by atoms with Crippen LogP contribution >= 0.6 is 0 Å². The van der Waals surface area contributed by atoms with Crippen molar-refractivity contribution >= 4 is 11.6 Å². The van der Waals surface area contributed by atoms with Crippen LogP contribution in [0.15, 0.2) is 12.1 Å². The molecule has 1 aliphatic heterocycles. The molecule has 0 saturated carbocycles. The van der Waals surface area contributed by atoms with Gasteiger partial charge in [-0.1, -0.05) is 5.92 Å². The summed E-state index contributed by atoms with van der Waals surface area (Å²) >= 11 is 0. The van der Waals surface area contributed by atoms with Crippen molar-refractivity contribution < 1.29 is 27.4 Å². The maximum Gasteiger partial charge on any atom is 0.390 e. The molecule has 0 fully saturated rings. The summed E-state index contributed by atoms with van der Waals surface area (Å²) in [4.78, 5) is 12.5. The van der Waals surface area contributed by atoms with E-state index in [0.29, 0.717) is 24.7 Å². The highest BCUT2D eigenvalue weighted by Crippen LogP contribution is 2.36. The number of fused-ring (bicyclic) bond motifs is 1. The molecule has 0 aliphatic carbocycles. The van der Waals surface area contributed by atoms with E-state index < -0.39 is 24.0 Å². The average Bonchev–Trinajstić information content (AvgIpc) is 2.52. The summed E-state index contributed by atoms with van der Waals surface area (Å²) in [6.07, 6.45) is 0.0333. The van der Waals surface area contributed by atoms with Gasteiger partial charge in [0.05, 0.1) is 23.2 Å². The molecule has 2 rings (SSSR count). The SMILES string of the molecule is C#CC(C)(C)NC(=O)c1cc2c(cc1NCCC(F)(F)F)OCCO2. The second-order valence-electron chi connectivity index (χ2n) is 6.06. The van der Waals surface area contributed by atoms with Gasteiger partial charge in [0.2, 0.25) is 0 Å². The third kappa shape index (κ3) is 5.21. The summed E-state index contributed by atoms with van der Waals surface area (Å²) in [5.41, 5.74) is -0.554. The molecule has 1 aromatic rings. The molecule has 0 atom stereocenters. The van der Waals surface area contributed by atoms with Gasteiger partial charge in [-0.2, -0.15) is 13.2 Å². The second-order valence-corrected chi connectivity index (χ2v) is 6.06. The first kappa shape index (κ1) is 18.8. The van der Waals surface area contributed by atoms with Crippen LogP contribution in [-0.4, -0.2) is 37.4 Å². The molecule has 1 aromatic carbocycles. The van der Waals surface area contributed by atoms with Crippen LogP contribution in [0.25, 0.3) is 0 Å². The minimum atomic E-state index is -4.30. The molecule has 0 radical (unpaired) electrons. The van der Waals surface area contributed by atoms with Gasteiger partial charge in [0.25, 0.3) is 5.91 Å². The van der Waals surface area contributed by atoms with Gasteiger partial charge in [-0.25, -0.2) is 0 Å². The molecule has 0 spiro atoms. The molecular weight excluding hydrogens is 337 g/mol. The monoisotopic (exact) mass is 356 g/mol. The van der Waals surface area contributed by atoms with Crippen LogP contribution in [0.3, 0.4) is 0 Å². The van der Waals surface area contributed by atoms with Gasteiger partial charge in [-0.3, -0.25) is 4.79 Å². The number of terminal acetylenes is 1. The van der Waals surface area contributed by atoms with Crippen LogP contribution in [0.4, 0.5) is 18.9 Å². The van der Waals surface area contributed by atoms with Crippen molar-refractivity contribution in [2.75, 3.05) is 25.1 Å². The Balaban J connectivity index is 2.28. The highest BCUT2D eigenvalue weighted by molar-refractivity contribution is 6.01. The number of nitrogens with one attached hydrogen (secondary N) is 2. The molecule has 0 bridgehead atoms. The van der Waals surface area contributed by atoms with Crippen molar-refractivity contribution in [1.29, 1.82) is 0 Å². The van der Waals surface area contributed by atoms with E-state index in [2.05, 4.69) is 16.6 Å². The van der Waals surface area contributed by atoms with Crippen LogP contribution in [0.2, 0.25) is 0 Å². The normalized spacial score (nSPS) is 13.8. The topological polar surface area (TPSA) is 59.6 Å². The highest BCUT2D eigenvalue weighted by atomic mass is 19.4. The summed E-state index contributed by atoms with van der Waals surface area (Å²) < 4.78 is 48.0. The van der Waals surface area contributed by atoms with E-state index in [9.17, 15) is 18.0 Å². The Kier molecular flexibility index (Phi) is 5.36. The van der Waals surface area contributed by atoms with Gasteiger partial charge in [0.15, 0.2) is 11.5 Å². The summed E-state index contributed by atoms with van der Waals surface area (Å²) in [6.45, 7) is 3.55. The van der Waals surface area contributed by atoms with E-state index in [0.717, 1.165) is 0 Å². The van der Waals surface area contributed by atoms with Gasteiger partial charge in [-0.15, -0.1) is 6.42 Å². The molecule has 25 heavy (non-hydrogen) atoms. The summed E-state index contributed by atoms with van der Waals surface area (Å²) in [6, 6.07) is 2.90. The first-order chi connectivity index (χ1) is 11.6. The van der Waals surface area contributed by atoms with E-state index in [1.54, 1.807) is 13.8 Å². The summed E-state index contributed by atoms with van der Waals surface area (Å²) in [5.74, 6) is 2.64. The fourth-order valence-electron chi connectivity index (χ4n) is 2.15. The maximum atomic E-state index is 12.5. The number of rotatable bonds is 5. The third-order valence-electron chi connectivity index (χ3n) is 3.44. The molecule has 2 N–H and O–H groups in total. The highest BCUT2D eigenvalue weighted by Gasteiger charge is 2.27. The average molecular weight is 356 g/mol. The first-order valence-corrected chi connectivity index (χ1v) is 7.66. The molecule has 5 nitrogen and oxygen atoms in total. The van der Waals surface area contributed by atoms with Crippen molar-refractivity contribution in [3.8, 4) is 23.8 Å². The minimum Gasteiger partial charge on any atom is -0.486 e. The van der Waals surface area contributed by atoms with Crippen LogP contribution in [0.1, 0.15) is 30.6 Å². The van der Waals surface area contributed by atoms with Crippen LogP contribution in [0, 0.1) is 12.3 Å². The quantitative estimate of drug-likeness (QED) is 0.797. The Morgan fingerprint density at radius 3 is 2.40 bits per heavy atom. The molecule has 8 heteroatoms. The molecule has 0 saturated heterocycles. The predicted octanol–water partition coefficient (Wildman–Crippen LogP) is 2.96. The molecule has 0 unspecified atom stereocenters. The first-order valence-electron chi connectivity index (χ1n) is 7.66. The number of carbonyl (C=O) groups excluding carboxylic acids is 1. The van der Waals surface area contributed by atoms with Crippen LogP contribution < -0.4 is 20.1 Å². The molecule has 1 amide bonds. The number of benzene rings is 1. The van der Waals surface area contributed by atoms with Crippen molar-refractivity contribution in [3.05, 3.63) is 17.7 Å². The summed E-state index contributed by atoms with van der Waals surface area (Å²) in [7, 11) is 0. The molecular formula is C17H19F3N2O3. The van der Waals surface area contributed by atoms with Crippen LogP contribution in [0.5, 0.6) is 11.5 Å². The van der Waals surface area contributed by atoms with Crippen molar-refractivity contribution in [1.82, 2.24) is 5.32 Å². The molecule has 1 aliphatic rings. The number of halogens is 3. The lowest BCUT2D eigenvalue weighted by molar-refractivity contribution is -0.131. The van der Waals surface area contributed by atoms with E-state index >= 15 is 0 Å². The maximum absolute atomic E-state index is 12.5. The number of hydrogen-bond acceptors (Lipinski definition) is 4. The Morgan fingerprint density at radius 2 is 1.84 bits per heavy atom. The number of amides is 1. The molecule has 1 heterocycles. The second kappa shape index (κ2) is 7.13. The Morgan fingerprint density at radius 1 is 1.24 bits per heavy atom. The van der Waals surface area contributed by atoms with Crippen LogP contribution in [-0.2, 0) is 0 Å². The fourth-order valence-corrected chi connectivity index (χ4v) is 2.15. The lowest BCUT2D eigenvalue weighted by Crippen LogP contribution is -2.42. The fraction of sp³-hybridized carbons (Fsp3) is 0.471. The zero-order valence-corrected chi connectivity index (χ0v) is 13.9. The number of anilines is 1. The number of ether oxygens (including phenoxy) is 2. The van der Waals surface area contributed by atoms with Gasteiger partial charge in [-0.05, 0) is 19.9 Å². The minimum absolute atomic E-state index is 0.134. The largest absolute Gasteiger partial charge is 0.486 e. The Hall–Kier alpha value is -2.56. The zero-order valence-electron chi connectivity index (χ0n) is 13.9. The smallest absolute Gasteiger partial charge is 0.390 e. The van der Waals surface area contributed by atoms with E-state index in [-0.39, 0.29) is 17.8 Å². The van der Waals surface area contributed by atoms with Crippen molar-refractivity contribution in [3.63, 3.8) is 0 Å². The standard InChI is InChI=1S/C17H19F3N2O3/c1-4-16(2,3)22-15(23)11-9-13-14(25-8-7-24-13)10-12(11)21-6-5-17(18,19)20/h1,9-10,21H,5-8H2,2-3H3,(H,22,23). The van der Waals surface area contributed by atoms with Gasteiger partial charge >= 0.3 is 6.18 Å². The predicted molar refractivity (Wildman–Crippen MR) is 87.0 cm³/mol. The van der Waals surface area contributed by atoms with E-state index in [4.69, 9.17) is 15.9 Å². The van der Waals surface area contributed by atoms with E-state index in [1.807, 2.05) is 0 Å². The Labute approximate surface area is 143 Å². The van der Waals surface area contributed by atoms with Crippen molar-refractivity contribution in [2.45, 2.75) is 32.0 Å². The lowest BCUT2D eigenvalue weighted by Gasteiger charge is -2.24. The third-order valence-corrected chi connectivity index (χ3v) is 3.44.